The normalized spacial score (nSPS) is 22.2. The average molecular weight is 289 g/mol. The van der Waals surface area contributed by atoms with E-state index in [2.05, 4.69) is 39.9 Å². The van der Waals surface area contributed by atoms with Gasteiger partial charge in [-0.25, -0.2) is 0 Å². The first-order valence-electron chi connectivity index (χ1n) is 5.35. The van der Waals surface area contributed by atoms with Crippen molar-refractivity contribution >= 4 is 27.5 Å². The number of benzene rings is 1. The summed E-state index contributed by atoms with van der Waals surface area (Å²) in [6.45, 7) is 4.57. The minimum Gasteiger partial charge on any atom is -0.296 e. The van der Waals surface area contributed by atoms with E-state index in [1.54, 1.807) is 0 Å². The number of rotatable bonds is 2. The molecule has 1 saturated heterocycles. The molecule has 1 aliphatic rings. The molecule has 82 valence electrons. The Morgan fingerprint density at radius 2 is 2.33 bits per heavy atom. The molecule has 1 heterocycles. The summed E-state index contributed by atoms with van der Waals surface area (Å²) in [5.41, 5.74) is 1.33. The van der Waals surface area contributed by atoms with Gasteiger partial charge in [0.05, 0.1) is 5.02 Å². The molecule has 1 fully saturated rings. The zero-order valence-corrected chi connectivity index (χ0v) is 11.2. The quantitative estimate of drug-likeness (QED) is 0.792. The van der Waals surface area contributed by atoms with Crippen LogP contribution in [0, 0.1) is 0 Å². The predicted octanol–water partition coefficient (Wildman–Crippen LogP) is 4.09. The van der Waals surface area contributed by atoms with Gasteiger partial charge in [0.15, 0.2) is 0 Å². The Bertz CT molecular complexity index is 353. The third-order valence-electron chi connectivity index (χ3n) is 3.06. The van der Waals surface area contributed by atoms with Gasteiger partial charge in [-0.05, 0) is 59.9 Å². The van der Waals surface area contributed by atoms with E-state index in [0.717, 1.165) is 22.1 Å². The predicted molar refractivity (Wildman–Crippen MR) is 68.3 cm³/mol. The highest BCUT2D eigenvalue weighted by Crippen LogP contribution is 2.25. The first-order chi connectivity index (χ1) is 7.16. The molecule has 1 atom stereocenters. The fraction of sp³-hybridized carbons (Fsp3) is 0.500. The van der Waals surface area contributed by atoms with E-state index in [-0.39, 0.29) is 0 Å². The highest BCUT2D eigenvalue weighted by atomic mass is 79.9. The van der Waals surface area contributed by atoms with Crippen LogP contribution in [0.2, 0.25) is 5.02 Å². The van der Waals surface area contributed by atoms with Gasteiger partial charge in [0.1, 0.15) is 0 Å². The summed E-state index contributed by atoms with van der Waals surface area (Å²) >= 11 is 9.43. The van der Waals surface area contributed by atoms with Crippen molar-refractivity contribution in [2.24, 2.45) is 0 Å². The van der Waals surface area contributed by atoms with Gasteiger partial charge in [-0.1, -0.05) is 17.7 Å². The number of nitrogens with zero attached hydrogens (tertiary/aromatic N) is 1. The fourth-order valence-corrected chi connectivity index (χ4v) is 2.64. The standard InChI is InChI=1S/C12H15BrClN/c1-9-3-2-6-15(9)8-10-4-5-12(14)11(13)7-10/h4-5,7,9H,2-3,6,8H2,1H3. The van der Waals surface area contributed by atoms with Crippen molar-refractivity contribution in [3.05, 3.63) is 33.3 Å². The molecular formula is C12H15BrClN. The van der Waals surface area contributed by atoms with Crippen LogP contribution in [0.3, 0.4) is 0 Å². The molecule has 1 nitrogen and oxygen atoms in total. The van der Waals surface area contributed by atoms with E-state index in [0.29, 0.717) is 0 Å². The van der Waals surface area contributed by atoms with Crippen LogP contribution >= 0.6 is 27.5 Å². The Morgan fingerprint density at radius 1 is 1.53 bits per heavy atom. The van der Waals surface area contributed by atoms with Crippen molar-refractivity contribution in [3.63, 3.8) is 0 Å². The third-order valence-corrected chi connectivity index (χ3v) is 4.27. The topological polar surface area (TPSA) is 3.24 Å². The monoisotopic (exact) mass is 287 g/mol. The Kier molecular flexibility index (Phi) is 3.70. The van der Waals surface area contributed by atoms with Crippen molar-refractivity contribution in [2.45, 2.75) is 32.4 Å². The van der Waals surface area contributed by atoms with E-state index in [4.69, 9.17) is 11.6 Å². The molecular weight excluding hydrogens is 273 g/mol. The third kappa shape index (κ3) is 2.74. The van der Waals surface area contributed by atoms with Gasteiger partial charge in [-0.15, -0.1) is 0 Å². The summed E-state index contributed by atoms with van der Waals surface area (Å²) in [6, 6.07) is 6.91. The lowest BCUT2D eigenvalue weighted by Gasteiger charge is -2.21. The van der Waals surface area contributed by atoms with Crippen molar-refractivity contribution in [3.8, 4) is 0 Å². The van der Waals surface area contributed by atoms with Gasteiger partial charge in [0.25, 0.3) is 0 Å². The lowest BCUT2D eigenvalue weighted by atomic mass is 10.2. The van der Waals surface area contributed by atoms with Crippen LogP contribution in [0.5, 0.6) is 0 Å². The largest absolute Gasteiger partial charge is 0.296 e. The van der Waals surface area contributed by atoms with E-state index >= 15 is 0 Å². The van der Waals surface area contributed by atoms with E-state index in [1.165, 1.54) is 24.9 Å². The number of hydrogen-bond acceptors (Lipinski definition) is 1. The van der Waals surface area contributed by atoms with Gasteiger partial charge in [-0.3, -0.25) is 4.90 Å². The summed E-state index contributed by atoms with van der Waals surface area (Å²) in [5, 5.41) is 0.785. The lowest BCUT2D eigenvalue weighted by molar-refractivity contribution is 0.260. The number of likely N-dealkylation sites (tertiary alicyclic amines) is 1. The van der Waals surface area contributed by atoms with Crippen LogP contribution < -0.4 is 0 Å². The molecule has 0 saturated carbocycles. The average Bonchev–Trinajstić information content (AvgIpc) is 2.59. The minimum atomic E-state index is 0.722. The van der Waals surface area contributed by atoms with Crippen molar-refractivity contribution in [2.75, 3.05) is 6.54 Å². The van der Waals surface area contributed by atoms with Crippen LogP contribution in [0.4, 0.5) is 0 Å². The maximum atomic E-state index is 5.97. The van der Waals surface area contributed by atoms with Gasteiger partial charge in [0.2, 0.25) is 0 Å². The molecule has 0 spiro atoms. The van der Waals surface area contributed by atoms with Crippen LogP contribution in [-0.4, -0.2) is 17.5 Å². The van der Waals surface area contributed by atoms with Crippen LogP contribution in [0.15, 0.2) is 22.7 Å². The first kappa shape index (κ1) is 11.4. The Labute approximate surface area is 105 Å². The first-order valence-corrected chi connectivity index (χ1v) is 6.52. The Balaban J connectivity index is 2.07. The smallest absolute Gasteiger partial charge is 0.0548 e. The molecule has 1 aromatic rings. The summed E-state index contributed by atoms with van der Waals surface area (Å²) in [5.74, 6) is 0. The minimum absolute atomic E-state index is 0.722. The van der Waals surface area contributed by atoms with Gasteiger partial charge < -0.3 is 0 Å². The van der Waals surface area contributed by atoms with Gasteiger partial charge in [-0.2, -0.15) is 0 Å². The SMILES string of the molecule is CC1CCCN1Cc1ccc(Cl)c(Br)c1. The summed E-state index contributed by atoms with van der Waals surface area (Å²) in [7, 11) is 0. The zero-order chi connectivity index (χ0) is 10.8. The molecule has 3 heteroatoms. The highest BCUT2D eigenvalue weighted by Gasteiger charge is 2.19. The van der Waals surface area contributed by atoms with Gasteiger partial charge in [0, 0.05) is 17.1 Å². The maximum absolute atomic E-state index is 5.97. The maximum Gasteiger partial charge on any atom is 0.0548 e. The van der Waals surface area contributed by atoms with Crippen LogP contribution in [0.25, 0.3) is 0 Å². The second kappa shape index (κ2) is 4.86. The molecule has 1 aliphatic heterocycles. The number of halogens is 2. The Hall–Kier alpha value is -0.0500. The van der Waals surface area contributed by atoms with E-state index < -0.39 is 0 Å². The number of hydrogen-bond donors (Lipinski definition) is 0. The van der Waals surface area contributed by atoms with Crippen molar-refractivity contribution < 1.29 is 0 Å². The van der Waals surface area contributed by atoms with Crippen molar-refractivity contribution in [1.29, 1.82) is 0 Å². The molecule has 0 radical (unpaired) electrons. The molecule has 0 bridgehead atoms. The molecule has 1 unspecified atom stereocenters. The molecule has 1 aromatic carbocycles. The summed E-state index contributed by atoms with van der Waals surface area (Å²) in [6.07, 6.45) is 2.66. The fourth-order valence-electron chi connectivity index (χ4n) is 2.10. The van der Waals surface area contributed by atoms with Crippen molar-refractivity contribution in [1.82, 2.24) is 4.90 Å². The summed E-state index contributed by atoms with van der Waals surface area (Å²) in [4.78, 5) is 2.52. The van der Waals surface area contributed by atoms with Gasteiger partial charge >= 0.3 is 0 Å². The second-order valence-electron chi connectivity index (χ2n) is 4.21. The van der Waals surface area contributed by atoms with Crippen LogP contribution in [0.1, 0.15) is 25.3 Å². The highest BCUT2D eigenvalue weighted by molar-refractivity contribution is 9.10. The van der Waals surface area contributed by atoms with E-state index in [1.807, 2.05) is 6.07 Å². The molecule has 0 amide bonds. The summed E-state index contributed by atoms with van der Waals surface area (Å²) < 4.78 is 0.994. The Morgan fingerprint density at radius 3 is 2.93 bits per heavy atom. The zero-order valence-electron chi connectivity index (χ0n) is 8.84. The molecule has 2 rings (SSSR count). The molecule has 0 N–H and O–H groups in total. The molecule has 0 aromatic heterocycles. The molecule has 0 aliphatic carbocycles. The lowest BCUT2D eigenvalue weighted by Crippen LogP contribution is -2.26. The second-order valence-corrected chi connectivity index (χ2v) is 5.47. The van der Waals surface area contributed by atoms with E-state index in [9.17, 15) is 0 Å². The molecule has 15 heavy (non-hydrogen) atoms. The van der Waals surface area contributed by atoms with Crippen LogP contribution in [-0.2, 0) is 6.54 Å².